The number of nitrogens with zero attached hydrogens (tertiary/aromatic N) is 2. The Morgan fingerprint density at radius 3 is 2.37 bits per heavy atom. The standard InChI is InChI=1S/C25H30N2O4.C2H5NO/c1-16-19(4-5-20-18(3)30-14-21(16)20)6-10-26-11-7-25(8-12-26)9-13-27(24(25)29)22-15-31-23(28)17(22)2;1-2(3)4/h4-5H,3,6-15H2,1-2H3;1H3,(H2,3,4). The lowest BCUT2D eigenvalue weighted by molar-refractivity contribution is -0.138. The topological polar surface area (TPSA) is 102 Å². The number of nitrogens with two attached hydrogens (primary N) is 1. The molecule has 2 saturated heterocycles. The normalized spacial score (nSPS) is 21.1. The second-order valence-electron chi connectivity index (χ2n) is 9.92. The molecule has 8 nitrogen and oxygen atoms in total. The summed E-state index contributed by atoms with van der Waals surface area (Å²) in [6.45, 7) is 13.7. The Balaban J connectivity index is 0.000000672. The molecule has 2 N–H and O–H groups in total. The van der Waals surface area contributed by atoms with Gasteiger partial charge in [-0.1, -0.05) is 18.7 Å². The van der Waals surface area contributed by atoms with Crippen LogP contribution in [0, 0.1) is 12.3 Å². The van der Waals surface area contributed by atoms with Gasteiger partial charge in [-0.3, -0.25) is 9.59 Å². The Morgan fingerprint density at radius 2 is 1.74 bits per heavy atom. The molecule has 0 saturated carbocycles. The molecule has 4 aliphatic rings. The minimum atomic E-state index is -0.333. The number of esters is 1. The summed E-state index contributed by atoms with van der Waals surface area (Å²) in [6.07, 6.45) is 3.66. The lowest BCUT2D eigenvalue weighted by atomic mass is 9.77. The number of cyclic esters (lactones) is 1. The van der Waals surface area contributed by atoms with Crippen LogP contribution in [-0.4, -0.2) is 60.4 Å². The van der Waals surface area contributed by atoms with Crippen molar-refractivity contribution in [3.8, 4) is 0 Å². The average molecular weight is 482 g/mol. The fourth-order valence-electron chi connectivity index (χ4n) is 5.53. The van der Waals surface area contributed by atoms with E-state index in [0.717, 1.165) is 62.3 Å². The lowest BCUT2D eigenvalue weighted by Crippen LogP contribution is -2.45. The fraction of sp³-hybridized carbons (Fsp3) is 0.519. The number of hydrogen-bond acceptors (Lipinski definition) is 6. The van der Waals surface area contributed by atoms with Gasteiger partial charge in [-0.15, -0.1) is 0 Å². The molecule has 1 spiro atoms. The van der Waals surface area contributed by atoms with Crippen molar-refractivity contribution in [3.63, 3.8) is 0 Å². The molecule has 0 unspecified atom stereocenters. The van der Waals surface area contributed by atoms with Gasteiger partial charge in [0.15, 0.2) is 0 Å². The van der Waals surface area contributed by atoms with Crippen LogP contribution < -0.4 is 5.73 Å². The first-order valence-corrected chi connectivity index (χ1v) is 12.2. The monoisotopic (exact) mass is 481 g/mol. The number of hydrogen-bond donors (Lipinski definition) is 1. The first kappa shape index (κ1) is 25.0. The molecule has 8 heteroatoms. The Hall–Kier alpha value is -3.13. The molecular formula is C27H35N3O5. The maximum atomic E-state index is 13.3. The number of ether oxygens (including phenoxy) is 2. The van der Waals surface area contributed by atoms with Crippen LogP contribution >= 0.6 is 0 Å². The second kappa shape index (κ2) is 9.85. The van der Waals surface area contributed by atoms with E-state index in [1.165, 1.54) is 23.6 Å². The van der Waals surface area contributed by atoms with Crippen molar-refractivity contribution in [1.82, 2.24) is 9.80 Å². The van der Waals surface area contributed by atoms with Crippen molar-refractivity contribution in [2.24, 2.45) is 11.1 Å². The van der Waals surface area contributed by atoms with Gasteiger partial charge in [0.1, 0.15) is 19.0 Å². The third-order valence-corrected chi connectivity index (χ3v) is 7.83. The lowest BCUT2D eigenvalue weighted by Gasteiger charge is -2.38. The molecule has 188 valence electrons. The number of carbonyl (C=O) groups is 3. The van der Waals surface area contributed by atoms with E-state index in [1.807, 2.05) is 4.90 Å². The summed E-state index contributed by atoms with van der Waals surface area (Å²) in [4.78, 5) is 38.5. The van der Waals surface area contributed by atoms with E-state index >= 15 is 0 Å². The molecule has 0 radical (unpaired) electrons. The van der Waals surface area contributed by atoms with E-state index in [0.29, 0.717) is 18.7 Å². The van der Waals surface area contributed by atoms with Crippen LogP contribution in [0.25, 0.3) is 5.76 Å². The Morgan fingerprint density at radius 1 is 1.09 bits per heavy atom. The van der Waals surface area contributed by atoms with Gasteiger partial charge in [-0.2, -0.15) is 0 Å². The molecule has 4 aliphatic heterocycles. The molecule has 35 heavy (non-hydrogen) atoms. The largest absolute Gasteiger partial charge is 0.489 e. The van der Waals surface area contributed by atoms with Gasteiger partial charge in [0, 0.05) is 31.1 Å². The van der Waals surface area contributed by atoms with Gasteiger partial charge in [0.25, 0.3) is 0 Å². The third kappa shape index (κ3) is 4.85. The van der Waals surface area contributed by atoms with Gasteiger partial charge in [0.05, 0.1) is 16.7 Å². The highest BCUT2D eigenvalue weighted by atomic mass is 16.5. The minimum absolute atomic E-state index is 0.189. The summed E-state index contributed by atoms with van der Waals surface area (Å²) in [5.74, 6) is 0.339. The SMILES string of the molecule is C=C1OCc2c1ccc(CCN1CCC3(CC1)CCN(C1=C(C)C(=O)OC1)C3=O)c2C.CC(N)=O. The summed E-state index contributed by atoms with van der Waals surface area (Å²) in [6, 6.07) is 4.34. The number of carbonyl (C=O) groups excluding carboxylic acids is 3. The maximum absolute atomic E-state index is 13.3. The average Bonchev–Trinajstić information content (AvgIpc) is 3.46. The number of fused-ring (bicyclic) bond motifs is 1. The summed E-state index contributed by atoms with van der Waals surface area (Å²) < 4.78 is 10.7. The van der Waals surface area contributed by atoms with Gasteiger partial charge >= 0.3 is 5.97 Å². The first-order valence-electron chi connectivity index (χ1n) is 12.2. The van der Waals surface area contributed by atoms with Crippen LogP contribution in [0.4, 0.5) is 0 Å². The Bertz CT molecular complexity index is 1090. The highest BCUT2D eigenvalue weighted by Crippen LogP contribution is 2.43. The van der Waals surface area contributed by atoms with E-state index in [9.17, 15) is 14.4 Å². The van der Waals surface area contributed by atoms with Crippen LogP contribution in [-0.2, 0) is 36.9 Å². The molecule has 0 bridgehead atoms. The highest BCUT2D eigenvalue weighted by Gasteiger charge is 2.49. The zero-order valence-corrected chi connectivity index (χ0v) is 20.9. The molecule has 4 heterocycles. The smallest absolute Gasteiger partial charge is 0.336 e. The number of rotatable bonds is 4. The summed E-state index contributed by atoms with van der Waals surface area (Å²) in [7, 11) is 0. The van der Waals surface area contributed by atoms with Gasteiger partial charge in [0.2, 0.25) is 11.8 Å². The predicted octanol–water partition coefficient (Wildman–Crippen LogP) is 2.68. The van der Waals surface area contributed by atoms with Crippen LogP contribution in [0.5, 0.6) is 0 Å². The van der Waals surface area contributed by atoms with E-state index in [4.69, 9.17) is 9.47 Å². The number of amides is 2. The van der Waals surface area contributed by atoms with Crippen molar-refractivity contribution in [3.05, 3.63) is 52.2 Å². The van der Waals surface area contributed by atoms with Gasteiger partial charge in [-0.25, -0.2) is 4.79 Å². The highest BCUT2D eigenvalue weighted by molar-refractivity contribution is 5.94. The molecule has 0 aromatic heterocycles. The van der Waals surface area contributed by atoms with E-state index in [2.05, 4.69) is 36.3 Å². The Kier molecular flexibility index (Phi) is 7.03. The Labute approximate surface area is 206 Å². The van der Waals surface area contributed by atoms with Crippen molar-refractivity contribution in [1.29, 1.82) is 0 Å². The van der Waals surface area contributed by atoms with Crippen LogP contribution in [0.3, 0.4) is 0 Å². The zero-order valence-electron chi connectivity index (χ0n) is 20.9. The number of piperidine rings is 1. The molecule has 5 rings (SSSR count). The quantitative estimate of drug-likeness (QED) is 0.664. The van der Waals surface area contributed by atoms with Gasteiger partial charge in [-0.05, 0) is 63.7 Å². The van der Waals surface area contributed by atoms with E-state index in [1.54, 1.807) is 6.92 Å². The van der Waals surface area contributed by atoms with Crippen LogP contribution in [0.2, 0.25) is 0 Å². The molecule has 2 amide bonds. The predicted molar refractivity (Wildman–Crippen MR) is 132 cm³/mol. The summed E-state index contributed by atoms with van der Waals surface area (Å²) in [5.41, 5.74) is 10.7. The number of primary amides is 1. The third-order valence-electron chi connectivity index (χ3n) is 7.83. The van der Waals surface area contributed by atoms with Crippen LogP contribution in [0.1, 0.15) is 55.4 Å². The fourth-order valence-corrected chi connectivity index (χ4v) is 5.53. The summed E-state index contributed by atoms with van der Waals surface area (Å²) in [5, 5.41) is 0. The zero-order chi connectivity index (χ0) is 25.3. The van der Waals surface area contributed by atoms with E-state index < -0.39 is 0 Å². The van der Waals surface area contributed by atoms with Crippen molar-refractivity contribution < 1.29 is 23.9 Å². The minimum Gasteiger partial charge on any atom is -0.489 e. The van der Waals surface area contributed by atoms with Crippen molar-refractivity contribution >= 4 is 23.5 Å². The maximum Gasteiger partial charge on any atom is 0.336 e. The number of likely N-dealkylation sites (tertiary alicyclic amines) is 2. The molecule has 0 aliphatic carbocycles. The van der Waals surface area contributed by atoms with Crippen LogP contribution in [0.15, 0.2) is 30.0 Å². The molecule has 1 aromatic carbocycles. The molecular weight excluding hydrogens is 446 g/mol. The number of benzene rings is 1. The van der Waals surface area contributed by atoms with Gasteiger partial charge < -0.3 is 25.0 Å². The summed E-state index contributed by atoms with van der Waals surface area (Å²) >= 11 is 0. The van der Waals surface area contributed by atoms with E-state index in [-0.39, 0.29) is 29.8 Å². The molecule has 0 atom stereocenters. The molecule has 1 aromatic rings. The first-order chi connectivity index (χ1) is 16.6. The second-order valence-corrected chi connectivity index (χ2v) is 9.92. The van der Waals surface area contributed by atoms with Crippen molar-refractivity contribution in [2.75, 3.05) is 32.8 Å². The molecule has 2 fully saturated rings. The van der Waals surface area contributed by atoms with Crippen molar-refractivity contribution in [2.45, 2.75) is 53.1 Å².